The molecule has 3 nitrogen and oxygen atoms in total. The van der Waals surface area contributed by atoms with E-state index in [2.05, 4.69) is 41.5 Å². The van der Waals surface area contributed by atoms with E-state index in [0.29, 0.717) is 11.3 Å². The van der Waals surface area contributed by atoms with E-state index in [0.717, 1.165) is 30.6 Å². The first-order chi connectivity index (χ1) is 9.51. The van der Waals surface area contributed by atoms with Gasteiger partial charge in [0.15, 0.2) is 0 Å². The van der Waals surface area contributed by atoms with E-state index >= 15 is 0 Å². The van der Waals surface area contributed by atoms with Crippen LogP contribution >= 0.6 is 0 Å². The Hall–Kier alpha value is -1.51. The Morgan fingerprint density at radius 1 is 1.00 bits per heavy atom. The number of hydrogen-bond donors (Lipinski definition) is 1. The zero-order valence-electron chi connectivity index (χ0n) is 14.1. The Kier molecular flexibility index (Phi) is 3.81. The third-order valence-corrected chi connectivity index (χ3v) is 4.12. The van der Waals surface area contributed by atoms with Crippen LogP contribution in [0.1, 0.15) is 69.4 Å². The van der Waals surface area contributed by atoms with Gasteiger partial charge in [0.1, 0.15) is 5.75 Å². The molecule has 1 saturated heterocycles. The number of rotatable bonds is 1. The van der Waals surface area contributed by atoms with Crippen molar-refractivity contribution in [1.82, 2.24) is 4.90 Å². The first kappa shape index (κ1) is 15.9. The van der Waals surface area contributed by atoms with Gasteiger partial charge in [0.25, 0.3) is 5.91 Å². The number of nitrogens with zero attached hydrogens (tertiary/aromatic N) is 1. The molecular weight excluding hydrogens is 262 g/mol. The smallest absolute Gasteiger partial charge is 0.253 e. The van der Waals surface area contributed by atoms with E-state index in [1.165, 1.54) is 0 Å². The summed E-state index contributed by atoms with van der Waals surface area (Å²) in [6.45, 7) is 14.1. The molecule has 21 heavy (non-hydrogen) atoms. The molecule has 116 valence electrons. The number of aromatic hydroxyl groups is 1. The lowest BCUT2D eigenvalue weighted by molar-refractivity contribution is 0.0651. The minimum absolute atomic E-state index is 0.0808. The number of hydrogen-bond acceptors (Lipinski definition) is 2. The van der Waals surface area contributed by atoms with Crippen molar-refractivity contribution in [3.63, 3.8) is 0 Å². The minimum Gasteiger partial charge on any atom is -0.507 e. The van der Waals surface area contributed by atoms with Crippen molar-refractivity contribution in [3.8, 4) is 5.75 Å². The molecular formula is C18H27NO2. The molecule has 0 atom stereocenters. The zero-order chi connectivity index (χ0) is 16.0. The highest BCUT2D eigenvalue weighted by Gasteiger charge is 2.29. The number of amides is 1. The highest BCUT2D eigenvalue weighted by molar-refractivity contribution is 5.95. The first-order valence-corrected chi connectivity index (χ1v) is 7.69. The average Bonchev–Trinajstić information content (AvgIpc) is 2.23. The van der Waals surface area contributed by atoms with Crippen molar-refractivity contribution >= 4 is 5.91 Å². The average molecular weight is 289 g/mol. The molecule has 0 saturated carbocycles. The van der Waals surface area contributed by atoms with Crippen LogP contribution < -0.4 is 0 Å². The molecule has 1 fully saturated rings. The second-order valence-corrected chi connectivity index (χ2v) is 8.07. The largest absolute Gasteiger partial charge is 0.507 e. The van der Waals surface area contributed by atoms with E-state index in [1.807, 2.05) is 17.0 Å². The molecule has 1 aliphatic rings. The van der Waals surface area contributed by atoms with Crippen molar-refractivity contribution < 1.29 is 9.90 Å². The van der Waals surface area contributed by atoms with Gasteiger partial charge in [-0.25, -0.2) is 0 Å². The van der Waals surface area contributed by atoms with Crippen LogP contribution in [-0.4, -0.2) is 29.0 Å². The molecule has 0 aliphatic carbocycles. The molecule has 1 aliphatic heterocycles. The fourth-order valence-corrected chi connectivity index (χ4v) is 2.60. The summed E-state index contributed by atoms with van der Waals surface area (Å²) in [5.41, 5.74) is 1.99. The van der Waals surface area contributed by atoms with Crippen LogP contribution in [0.15, 0.2) is 12.1 Å². The van der Waals surface area contributed by atoms with Gasteiger partial charge >= 0.3 is 0 Å². The maximum atomic E-state index is 12.5. The summed E-state index contributed by atoms with van der Waals surface area (Å²) in [7, 11) is 0. The lowest BCUT2D eigenvalue weighted by atomic mass is 9.78. The van der Waals surface area contributed by atoms with Gasteiger partial charge in [-0.05, 0) is 29.4 Å². The van der Waals surface area contributed by atoms with Crippen LogP contribution in [0.4, 0.5) is 0 Å². The monoisotopic (exact) mass is 289 g/mol. The maximum absolute atomic E-state index is 12.5. The molecule has 0 unspecified atom stereocenters. The summed E-state index contributed by atoms with van der Waals surface area (Å²) in [4.78, 5) is 14.4. The van der Waals surface area contributed by atoms with Crippen LogP contribution in [0.3, 0.4) is 0 Å². The molecule has 0 bridgehead atoms. The molecule has 1 amide bonds. The number of carbonyl (C=O) groups is 1. The van der Waals surface area contributed by atoms with E-state index in [9.17, 15) is 9.90 Å². The van der Waals surface area contributed by atoms with Gasteiger partial charge in [-0.2, -0.15) is 0 Å². The van der Waals surface area contributed by atoms with Crippen molar-refractivity contribution in [2.45, 2.75) is 58.8 Å². The summed E-state index contributed by atoms with van der Waals surface area (Å²) in [5, 5.41) is 10.7. The van der Waals surface area contributed by atoms with E-state index < -0.39 is 0 Å². The quantitative estimate of drug-likeness (QED) is 0.853. The summed E-state index contributed by atoms with van der Waals surface area (Å²) < 4.78 is 0. The second kappa shape index (κ2) is 5.04. The molecule has 1 N–H and O–H groups in total. The Bertz CT molecular complexity index is 523. The molecule has 0 spiro atoms. The van der Waals surface area contributed by atoms with Gasteiger partial charge in [-0.3, -0.25) is 4.79 Å². The number of carbonyl (C=O) groups excluding carboxylic acids is 1. The van der Waals surface area contributed by atoms with E-state index in [1.54, 1.807) is 0 Å². The number of phenols is 1. The van der Waals surface area contributed by atoms with Crippen molar-refractivity contribution in [2.24, 2.45) is 0 Å². The molecule has 0 radical (unpaired) electrons. The lowest BCUT2D eigenvalue weighted by Gasteiger charge is -2.33. The first-order valence-electron chi connectivity index (χ1n) is 7.69. The van der Waals surface area contributed by atoms with E-state index in [4.69, 9.17) is 0 Å². The predicted molar refractivity (Wildman–Crippen MR) is 86.0 cm³/mol. The molecule has 2 rings (SSSR count). The lowest BCUT2D eigenvalue weighted by Crippen LogP contribution is -2.42. The van der Waals surface area contributed by atoms with Crippen molar-refractivity contribution in [2.75, 3.05) is 13.1 Å². The Morgan fingerprint density at radius 2 is 1.43 bits per heavy atom. The van der Waals surface area contributed by atoms with Gasteiger partial charge in [0.05, 0.1) is 0 Å². The maximum Gasteiger partial charge on any atom is 0.253 e. The number of likely N-dealkylation sites (tertiary alicyclic amines) is 1. The van der Waals surface area contributed by atoms with Gasteiger partial charge in [0, 0.05) is 29.8 Å². The third-order valence-electron chi connectivity index (χ3n) is 4.12. The third kappa shape index (κ3) is 3.07. The second-order valence-electron chi connectivity index (χ2n) is 8.07. The Labute approximate surface area is 128 Å². The molecule has 1 heterocycles. The number of phenolic OH excluding ortho intramolecular Hbond substituents is 1. The topological polar surface area (TPSA) is 40.5 Å². The standard InChI is InChI=1S/C18H27NO2/c1-17(2,3)13-10-12(16(21)19-8-7-9-19)11-14(15(13)20)18(4,5)6/h10-11,20H,7-9H2,1-6H3. The number of benzene rings is 1. The van der Waals surface area contributed by atoms with Crippen LogP contribution in [0.2, 0.25) is 0 Å². The fraction of sp³-hybridized carbons (Fsp3) is 0.611. The molecule has 3 heteroatoms. The highest BCUT2D eigenvalue weighted by atomic mass is 16.3. The molecule has 1 aromatic rings. The van der Waals surface area contributed by atoms with Gasteiger partial charge < -0.3 is 10.0 Å². The summed E-state index contributed by atoms with van der Waals surface area (Å²) in [6, 6.07) is 3.73. The summed E-state index contributed by atoms with van der Waals surface area (Å²) >= 11 is 0. The minimum atomic E-state index is -0.199. The molecule has 1 aromatic carbocycles. The van der Waals surface area contributed by atoms with Gasteiger partial charge in [0.2, 0.25) is 0 Å². The van der Waals surface area contributed by atoms with Crippen molar-refractivity contribution in [3.05, 3.63) is 28.8 Å². The SMILES string of the molecule is CC(C)(C)c1cc(C(=O)N2CCC2)cc(C(C)(C)C)c1O. The Balaban J connectivity index is 2.59. The van der Waals surface area contributed by atoms with Crippen molar-refractivity contribution in [1.29, 1.82) is 0 Å². The summed E-state index contributed by atoms with van der Waals surface area (Å²) in [5.74, 6) is 0.410. The van der Waals surface area contributed by atoms with Crippen LogP contribution in [0.25, 0.3) is 0 Å². The normalized spacial score (nSPS) is 15.8. The van der Waals surface area contributed by atoms with Crippen LogP contribution in [-0.2, 0) is 10.8 Å². The highest BCUT2D eigenvalue weighted by Crippen LogP contribution is 2.40. The predicted octanol–water partition coefficient (Wildman–Crippen LogP) is 3.83. The summed E-state index contributed by atoms with van der Waals surface area (Å²) in [6.07, 6.45) is 1.09. The van der Waals surface area contributed by atoms with Crippen LogP contribution in [0.5, 0.6) is 5.75 Å². The van der Waals surface area contributed by atoms with Gasteiger partial charge in [-0.1, -0.05) is 41.5 Å². The van der Waals surface area contributed by atoms with Gasteiger partial charge in [-0.15, -0.1) is 0 Å². The zero-order valence-corrected chi connectivity index (χ0v) is 14.1. The Morgan fingerprint density at radius 3 is 1.71 bits per heavy atom. The fourth-order valence-electron chi connectivity index (χ4n) is 2.60. The van der Waals surface area contributed by atoms with E-state index in [-0.39, 0.29) is 16.7 Å². The van der Waals surface area contributed by atoms with Crippen LogP contribution in [0, 0.1) is 0 Å². The molecule has 0 aromatic heterocycles.